The first-order valence-corrected chi connectivity index (χ1v) is 11.6. The lowest BCUT2D eigenvalue weighted by molar-refractivity contribution is 0.843. The number of aromatic amines is 1. The summed E-state index contributed by atoms with van der Waals surface area (Å²) >= 11 is 8.66. The Morgan fingerprint density at radius 2 is 1.66 bits per heavy atom. The second kappa shape index (κ2) is 8.62. The fourth-order valence-corrected chi connectivity index (χ4v) is 4.73. The maximum atomic E-state index is 13.3. The number of rotatable bonds is 5. The van der Waals surface area contributed by atoms with Gasteiger partial charge in [-0.15, -0.1) is 21.6 Å². The monoisotopic (exact) mass is 478 g/mol. The maximum absolute atomic E-state index is 13.3. The number of H-pyrrole nitrogens is 1. The highest BCUT2D eigenvalue weighted by molar-refractivity contribution is 7.19. The van der Waals surface area contributed by atoms with E-state index in [9.17, 15) is 4.79 Å². The molecule has 10 heteroatoms. The fourth-order valence-electron chi connectivity index (χ4n) is 3.07. The predicted molar refractivity (Wildman–Crippen MR) is 129 cm³/mol. The summed E-state index contributed by atoms with van der Waals surface area (Å²) in [5, 5.41) is 14.4. The maximum Gasteiger partial charge on any atom is 0.301 e. The third-order valence-electron chi connectivity index (χ3n) is 4.65. The van der Waals surface area contributed by atoms with Gasteiger partial charge in [0, 0.05) is 16.5 Å². The number of azo groups is 1. The molecule has 0 saturated heterocycles. The summed E-state index contributed by atoms with van der Waals surface area (Å²) in [5.74, 6) is 0. The molecule has 7 nitrogen and oxygen atoms in total. The molecule has 5 rings (SSSR count). The first kappa shape index (κ1) is 20.5. The number of halogens is 1. The first-order valence-electron chi connectivity index (χ1n) is 9.56. The van der Waals surface area contributed by atoms with E-state index in [4.69, 9.17) is 11.6 Å². The van der Waals surface area contributed by atoms with Gasteiger partial charge in [0.1, 0.15) is 4.34 Å². The summed E-state index contributed by atoms with van der Waals surface area (Å²) in [6, 6.07) is 19.3. The molecule has 0 aliphatic carbocycles. The van der Waals surface area contributed by atoms with Crippen LogP contribution in [0.5, 0.6) is 0 Å². The zero-order chi connectivity index (χ0) is 22.1. The van der Waals surface area contributed by atoms with E-state index >= 15 is 0 Å². The number of nitrogens with one attached hydrogen (secondary N) is 1. The van der Waals surface area contributed by atoms with Crippen LogP contribution in [0.2, 0.25) is 4.34 Å². The number of benzene rings is 2. The molecule has 0 aliphatic heterocycles. The van der Waals surface area contributed by atoms with Crippen molar-refractivity contribution in [1.29, 1.82) is 0 Å². The van der Waals surface area contributed by atoms with Crippen molar-refractivity contribution < 1.29 is 0 Å². The van der Waals surface area contributed by atoms with Gasteiger partial charge in [0.05, 0.1) is 17.1 Å². The molecule has 3 heterocycles. The van der Waals surface area contributed by atoms with Crippen LogP contribution in [-0.4, -0.2) is 19.7 Å². The smallest absolute Gasteiger partial charge is 0.286 e. The number of aryl methyl sites for hydroxylation is 1. The molecule has 0 aliphatic rings. The van der Waals surface area contributed by atoms with Gasteiger partial charge < -0.3 is 0 Å². The molecule has 0 atom stereocenters. The van der Waals surface area contributed by atoms with Gasteiger partial charge in [0.15, 0.2) is 5.69 Å². The highest BCUT2D eigenvalue weighted by Crippen LogP contribution is 2.33. The van der Waals surface area contributed by atoms with Crippen LogP contribution in [0, 0.1) is 6.92 Å². The fraction of sp³-hybridized carbons (Fsp3) is 0.0455. The number of hydrogen-bond acceptors (Lipinski definition) is 7. The van der Waals surface area contributed by atoms with Crippen LogP contribution >= 0.6 is 34.3 Å². The molecular formula is C22H15ClN6OS2. The third-order valence-corrected chi connectivity index (χ3v) is 6.81. The van der Waals surface area contributed by atoms with E-state index < -0.39 is 0 Å². The molecular weight excluding hydrogens is 464 g/mol. The number of thiazole rings is 2. The van der Waals surface area contributed by atoms with Crippen LogP contribution in [0.4, 0.5) is 10.8 Å². The topological polar surface area (TPSA) is 88.3 Å². The van der Waals surface area contributed by atoms with E-state index in [1.54, 1.807) is 6.92 Å². The van der Waals surface area contributed by atoms with E-state index in [1.165, 1.54) is 27.4 Å². The second-order valence-corrected chi connectivity index (χ2v) is 9.20. The Morgan fingerprint density at radius 1 is 0.969 bits per heavy atom. The molecule has 2 aromatic carbocycles. The van der Waals surface area contributed by atoms with Crippen molar-refractivity contribution in [3.05, 3.63) is 86.4 Å². The summed E-state index contributed by atoms with van der Waals surface area (Å²) in [6.07, 6.45) is 0. The summed E-state index contributed by atoms with van der Waals surface area (Å²) < 4.78 is 1.94. The average molecular weight is 479 g/mol. The summed E-state index contributed by atoms with van der Waals surface area (Å²) in [4.78, 5) is 22.2. The first-order chi connectivity index (χ1) is 15.6. The lowest BCUT2D eigenvalue weighted by atomic mass is 10.1. The number of aromatic nitrogens is 4. The molecule has 0 unspecified atom stereocenters. The largest absolute Gasteiger partial charge is 0.301 e. The number of hydrogen-bond donors (Lipinski definition) is 1. The molecule has 0 bridgehead atoms. The minimum atomic E-state index is -0.346. The molecule has 1 N–H and O–H groups in total. The summed E-state index contributed by atoms with van der Waals surface area (Å²) in [7, 11) is 0. The molecule has 5 aromatic rings. The van der Waals surface area contributed by atoms with Crippen LogP contribution < -0.4 is 5.56 Å². The van der Waals surface area contributed by atoms with Gasteiger partial charge in [-0.2, -0.15) is 4.68 Å². The van der Waals surface area contributed by atoms with Gasteiger partial charge in [0.2, 0.25) is 10.3 Å². The van der Waals surface area contributed by atoms with Crippen LogP contribution in [-0.2, 0) is 0 Å². The van der Waals surface area contributed by atoms with Gasteiger partial charge in [-0.3, -0.25) is 9.89 Å². The Balaban J connectivity index is 1.60. The minimum absolute atomic E-state index is 0.177. The Labute approximate surface area is 195 Å². The van der Waals surface area contributed by atoms with E-state index in [0.717, 1.165) is 16.8 Å². The lowest BCUT2D eigenvalue weighted by Gasteiger charge is -1.98. The van der Waals surface area contributed by atoms with Crippen molar-refractivity contribution in [2.75, 3.05) is 0 Å². The van der Waals surface area contributed by atoms with Crippen LogP contribution in [0.15, 0.2) is 81.1 Å². The normalized spacial score (nSPS) is 11.4. The summed E-state index contributed by atoms with van der Waals surface area (Å²) in [5.41, 5.74) is 3.65. The molecule has 0 saturated carbocycles. The zero-order valence-electron chi connectivity index (χ0n) is 16.7. The van der Waals surface area contributed by atoms with Crippen molar-refractivity contribution in [2.45, 2.75) is 6.92 Å². The minimum Gasteiger partial charge on any atom is -0.286 e. The van der Waals surface area contributed by atoms with Gasteiger partial charge in [-0.1, -0.05) is 83.6 Å². The predicted octanol–water partition coefficient (Wildman–Crippen LogP) is 6.79. The quantitative estimate of drug-likeness (QED) is 0.282. The Kier molecular flexibility index (Phi) is 5.52. The summed E-state index contributed by atoms with van der Waals surface area (Å²) in [6.45, 7) is 1.79. The Bertz CT molecular complexity index is 1450. The molecule has 0 fully saturated rings. The molecule has 158 valence electrons. The molecule has 3 aromatic heterocycles. The SMILES string of the molecule is Cc1nc(N=Nc2c(-c3ccccc3)[nH]n(-c3nc(-c4ccccc4)cs3)c2=O)sc1Cl. The highest BCUT2D eigenvalue weighted by atomic mass is 35.5. The van der Waals surface area contributed by atoms with Gasteiger partial charge >= 0.3 is 5.56 Å². The van der Waals surface area contributed by atoms with Gasteiger partial charge in [-0.05, 0) is 6.92 Å². The van der Waals surface area contributed by atoms with E-state index in [0.29, 0.717) is 26.0 Å². The number of nitrogens with zero attached hydrogens (tertiary/aromatic N) is 5. The zero-order valence-corrected chi connectivity index (χ0v) is 19.1. The van der Waals surface area contributed by atoms with E-state index in [2.05, 4.69) is 25.3 Å². The Hall–Kier alpha value is -3.40. The Morgan fingerprint density at radius 3 is 2.31 bits per heavy atom. The second-order valence-electron chi connectivity index (χ2n) is 6.78. The van der Waals surface area contributed by atoms with Crippen molar-refractivity contribution in [1.82, 2.24) is 19.7 Å². The lowest BCUT2D eigenvalue weighted by Crippen LogP contribution is -2.13. The standard InChI is InChI=1S/C22H15ClN6OS2/c1-13-19(23)32-21(24-13)27-26-18-17(15-10-6-3-7-11-15)28-29(20(18)30)22-25-16(12-31-22)14-8-4-2-5-9-14/h2-12,28H,1H3. The molecule has 32 heavy (non-hydrogen) atoms. The van der Waals surface area contributed by atoms with Crippen molar-refractivity contribution in [3.63, 3.8) is 0 Å². The highest BCUT2D eigenvalue weighted by Gasteiger charge is 2.19. The van der Waals surface area contributed by atoms with Crippen LogP contribution in [0.1, 0.15) is 5.69 Å². The molecule has 0 radical (unpaired) electrons. The average Bonchev–Trinajstić information content (AvgIpc) is 3.51. The van der Waals surface area contributed by atoms with Gasteiger partial charge in [0.25, 0.3) is 0 Å². The van der Waals surface area contributed by atoms with Crippen molar-refractivity contribution >= 4 is 45.1 Å². The third kappa shape index (κ3) is 3.93. The van der Waals surface area contributed by atoms with E-state index in [1.807, 2.05) is 66.0 Å². The van der Waals surface area contributed by atoms with Gasteiger partial charge in [-0.25, -0.2) is 9.97 Å². The molecule has 0 spiro atoms. The van der Waals surface area contributed by atoms with Crippen molar-refractivity contribution in [3.8, 4) is 27.6 Å². The molecule has 0 amide bonds. The van der Waals surface area contributed by atoms with Crippen LogP contribution in [0.3, 0.4) is 0 Å². The van der Waals surface area contributed by atoms with Crippen LogP contribution in [0.25, 0.3) is 27.6 Å². The van der Waals surface area contributed by atoms with E-state index in [-0.39, 0.29) is 11.2 Å². The van der Waals surface area contributed by atoms with Crippen molar-refractivity contribution in [2.24, 2.45) is 10.2 Å².